The van der Waals surface area contributed by atoms with Crippen LogP contribution in [0.4, 0.5) is 0 Å². The van der Waals surface area contributed by atoms with E-state index >= 15 is 0 Å². The van der Waals surface area contributed by atoms with E-state index in [2.05, 4.69) is 11.4 Å². The Balaban J connectivity index is 1.40. The summed E-state index contributed by atoms with van der Waals surface area (Å²) in [6.45, 7) is 0.437. The zero-order valence-corrected chi connectivity index (χ0v) is 17.2. The van der Waals surface area contributed by atoms with Crippen molar-refractivity contribution in [2.45, 2.75) is 38.1 Å². The fourth-order valence-corrected chi connectivity index (χ4v) is 3.54. The summed E-state index contributed by atoms with van der Waals surface area (Å²) >= 11 is 6.14. The fraction of sp³-hybridized carbons (Fsp3) is 0.304. The van der Waals surface area contributed by atoms with Gasteiger partial charge in [-0.2, -0.15) is 5.10 Å². The van der Waals surface area contributed by atoms with Crippen LogP contribution in [0.25, 0.3) is 5.69 Å². The van der Waals surface area contributed by atoms with Crippen LogP contribution < -0.4 is 10.1 Å². The van der Waals surface area contributed by atoms with Gasteiger partial charge < -0.3 is 10.1 Å². The highest BCUT2D eigenvalue weighted by atomic mass is 35.5. The number of ether oxygens (including phenoxy) is 1. The van der Waals surface area contributed by atoms with Crippen LogP contribution in [-0.2, 0) is 17.8 Å². The number of hydrogen-bond donors (Lipinski definition) is 1. The van der Waals surface area contributed by atoms with E-state index in [0.717, 1.165) is 22.7 Å². The van der Waals surface area contributed by atoms with Crippen LogP contribution in [0.2, 0.25) is 5.02 Å². The van der Waals surface area contributed by atoms with Crippen LogP contribution in [0.5, 0.6) is 5.75 Å². The lowest BCUT2D eigenvalue weighted by Gasteiger charge is -2.07. The third-order valence-electron chi connectivity index (χ3n) is 5.14. The quantitative estimate of drug-likeness (QED) is 0.588. The maximum atomic E-state index is 12.3. The molecule has 6 heteroatoms. The van der Waals surface area contributed by atoms with Gasteiger partial charge in [-0.3, -0.25) is 4.79 Å². The summed E-state index contributed by atoms with van der Waals surface area (Å²) in [4.78, 5) is 12.3. The molecule has 0 aliphatic heterocycles. The Bertz CT molecular complexity index is 994. The van der Waals surface area contributed by atoms with Crippen LogP contribution in [0.15, 0.2) is 54.6 Å². The molecule has 2 aromatic carbocycles. The highest BCUT2D eigenvalue weighted by Crippen LogP contribution is 2.41. The number of halogens is 1. The van der Waals surface area contributed by atoms with E-state index in [9.17, 15) is 4.79 Å². The van der Waals surface area contributed by atoms with E-state index in [1.54, 1.807) is 7.11 Å². The van der Waals surface area contributed by atoms with Crippen LogP contribution >= 0.6 is 11.6 Å². The van der Waals surface area contributed by atoms with Crippen molar-refractivity contribution in [3.63, 3.8) is 0 Å². The van der Waals surface area contributed by atoms with Crippen LogP contribution in [0, 0.1) is 0 Å². The molecule has 1 aliphatic carbocycles. The van der Waals surface area contributed by atoms with Crippen molar-refractivity contribution in [1.29, 1.82) is 0 Å². The molecule has 1 saturated carbocycles. The van der Waals surface area contributed by atoms with E-state index in [4.69, 9.17) is 21.4 Å². The third kappa shape index (κ3) is 4.80. The molecule has 1 fully saturated rings. The molecule has 1 aliphatic rings. The van der Waals surface area contributed by atoms with E-state index in [0.29, 0.717) is 30.3 Å². The predicted molar refractivity (Wildman–Crippen MR) is 114 cm³/mol. The SMILES string of the molecule is COc1ccc(-n2nc(CCC(=O)NCc3ccccc3Cl)cc2C2CC2)cc1. The Kier molecular flexibility index (Phi) is 5.86. The lowest BCUT2D eigenvalue weighted by molar-refractivity contribution is -0.121. The van der Waals surface area contributed by atoms with Gasteiger partial charge in [-0.1, -0.05) is 29.8 Å². The average Bonchev–Trinajstić information content (AvgIpc) is 3.51. The Hall–Kier alpha value is -2.79. The molecule has 0 unspecified atom stereocenters. The van der Waals surface area contributed by atoms with Gasteiger partial charge in [0.25, 0.3) is 0 Å². The van der Waals surface area contributed by atoms with Crippen LogP contribution in [0.3, 0.4) is 0 Å². The molecule has 1 N–H and O–H groups in total. The maximum Gasteiger partial charge on any atom is 0.220 e. The highest BCUT2D eigenvalue weighted by Gasteiger charge is 2.28. The summed E-state index contributed by atoms with van der Waals surface area (Å²) in [6, 6.07) is 17.6. The number of hydrogen-bond acceptors (Lipinski definition) is 3. The summed E-state index contributed by atoms with van der Waals surface area (Å²) in [6.07, 6.45) is 3.39. The highest BCUT2D eigenvalue weighted by molar-refractivity contribution is 6.31. The number of carbonyl (C=O) groups excluding carboxylic acids is 1. The van der Waals surface area contributed by atoms with Gasteiger partial charge in [0.15, 0.2) is 0 Å². The number of methoxy groups -OCH3 is 1. The van der Waals surface area contributed by atoms with Gasteiger partial charge >= 0.3 is 0 Å². The molecule has 1 heterocycles. The first-order valence-electron chi connectivity index (χ1n) is 9.87. The van der Waals surface area contributed by atoms with Crippen molar-refractivity contribution >= 4 is 17.5 Å². The predicted octanol–water partition coefficient (Wildman–Crippen LogP) is 4.66. The van der Waals surface area contributed by atoms with Crippen molar-refractivity contribution in [2.24, 2.45) is 0 Å². The zero-order valence-electron chi connectivity index (χ0n) is 16.4. The summed E-state index contributed by atoms with van der Waals surface area (Å²) in [5, 5.41) is 8.38. The zero-order chi connectivity index (χ0) is 20.2. The standard InChI is InChI=1S/C23H24ClN3O2/c1-29-20-11-9-19(10-12-20)27-22(16-6-7-16)14-18(26-27)8-13-23(28)25-15-17-4-2-3-5-21(17)24/h2-5,9-12,14,16H,6-8,13,15H2,1H3,(H,25,28). The molecule has 0 atom stereocenters. The van der Waals surface area contributed by atoms with Crippen molar-refractivity contribution < 1.29 is 9.53 Å². The molecular formula is C23H24ClN3O2. The third-order valence-corrected chi connectivity index (χ3v) is 5.51. The van der Waals surface area contributed by atoms with Crippen LogP contribution in [-0.4, -0.2) is 22.8 Å². The summed E-state index contributed by atoms with van der Waals surface area (Å²) in [7, 11) is 1.66. The fourth-order valence-electron chi connectivity index (χ4n) is 3.33. The van der Waals surface area contributed by atoms with Gasteiger partial charge in [-0.25, -0.2) is 4.68 Å². The Morgan fingerprint density at radius 2 is 1.97 bits per heavy atom. The monoisotopic (exact) mass is 409 g/mol. The molecule has 150 valence electrons. The number of aromatic nitrogens is 2. The van der Waals surface area contributed by atoms with Gasteiger partial charge in [-0.15, -0.1) is 0 Å². The topological polar surface area (TPSA) is 56.2 Å². The number of rotatable bonds is 8. The van der Waals surface area contributed by atoms with Gasteiger partial charge in [0.2, 0.25) is 5.91 Å². The first-order chi connectivity index (χ1) is 14.1. The van der Waals surface area contributed by atoms with Crippen molar-refractivity contribution in [2.75, 3.05) is 7.11 Å². The second-order valence-electron chi connectivity index (χ2n) is 7.31. The van der Waals surface area contributed by atoms with Gasteiger partial charge in [0.1, 0.15) is 5.75 Å². The van der Waals surface area contributed by atoms with Gasteiger partial charge in [0, 0.05) is 36.0 Å². The molecule has 1 aromatic heterocycles. The minimum absolute atomic E-state index is 0.00288. The molecule has 0 radical (unpaired) electrons. The van der Waals surface area contributed by atoms with E-state index in [-0.39, 0.29) is 5.91 Å². The van der Waals surface area contributed by atoms with Crippen molar-refractivity contribution in [3.8, 4) is 11.4 Å². The van der Waals surface area contributed by atoms with Gasteiger partial charge in [0.05, 0.1) is 18.5 Å². The van der Waals surface area contributed by atoms with Crippen LogP contribution in [0.1, 0.15) is 42.1 Å². The smallest absolute Gasteiger partial charge is 0.220 e. The molecule has 3 aromatic rings. The second-order valence-corrected chi connectivity index (χ2v) is 7.72. The number of nitrogens with zero attached hydrogens (tertiary/aromatic N) is 2. The first kappa shape index (κ1) is 19.5. The number of carbonyl (C=O) groups is 1. The summed E-state index contributed by atoms with van der Waals surface area (Å²) in [5.74, 6) is 1.38. The molecule has 5 nitrogen and oxygen atoms in total. The molecule has 0 saturated heterocycles. The summed E-state index contributed by atoms with van der Waals surface area (Å²) in [5.41, 5.74) is 4.10. The Morgan fingerprint density at radius 1 is 1.21 bits per heavy atom. The molecule has 0 bridgehead atoms. The Labute approximate surface area is 175 Å². The second kappa shape index (κ2) is 8.70. The van der Waals surface area contributed by atoms with Crippen molar-refractivity contribution in [1.82, 2.24) is 15.1 Å². The average molecular weight is 410 g/mol. The maximum absolute atomic E-state index is 12.3. The van der Waals surface area contributed by atoms with E-state index < -0.39 is 0 Å². The largest absolute Gasteiger partial charge is 0.497 e. The first-order valence-corrected chi connectivity index (χ1v) is 10.2. The number of aryl methyl sites for hydroxylation is 1. The number of amides is 1. The van der Waals surface area contributed by atoms with E-state index in [1.165, 1.54) is 18.5 Å². The molecule has 29 heavy (non-hydrogen) atoms. The van der Waals surface area contributed by atoms with E-state index in [1.807, 2.05) is 53.2 Å². The lowest BCUT2D eigenvalue weighted by Crippen LogP contribution is -2.23. The molecular weight excluding hydrogens is 386 g/mol. The number of nitrogens with one attached hydrogen (secondary N) is 1. The minimum atomic E-state index is -0.00288. The van der Waals surface area contributed by atoms with Crippen molar-refractivity contribution in [3.05, 3.63) is 76.6 Å². The number of benzene rings is 2. The molecule has 1 amide bonds. The lowest BCUT2D eigenvalue weighted by atomic mass is 10.2. The molecule has 0 spiro atoms. The normalized spacial score (nSPS) is 13.3. The molecule has 4 rings (SSSR count). The minimum Gasteiger partial charge on any atom is -0.497 e. The van der Waals surface area contributed by atoms with Gasteiger partial charge in [-0.05, 0) is 54.8 Å². The summed E-state index contributed by atoms with van der Waals surface area (Å²) < 4.78 is 7.25. The Morgan fingerprint density at radius 3 is 2.66 bits per heavy atom.